The molecule has 0 radical (unpaired) electrons. The fraction of sp³-hybridized carbons (Fsp3) is 0.0714. The summed E-state index contributed by atoms with van der Waals surface area (Å²) in [5.74, 6) is -0.759. The standard InChI is InChI=1S/C14H8F2N4/c15-11-3-2-10(12(16)6-11)5-14-19-18-13-4-1-9(7-17)8-20(13)14/h1-4,6,8H,5H2. The molecule has 0 bridgehead atoms. The minimum atomic E-state index is -0.627. The number of pyridine rings is 1. The van der Waals surface area contributed by atoms with Crippen molar-refractivity contribution in [1.29, 1.82) is 5.26 Å². The SMILES string of the molecule is N#Cc1ccc2nnc(Cc3ccc(F)cc3F)n2c1. The Labute approximate surface area is 112 Å². The Morgan fingerprint density at radius 2 is 2.00 bits per heavy atom. The summed E-state index contributed by atoms with van der Waals surface area (Å²) < 4.78 is 28.1. The maximum absolute atomic E-state index is 13.6. The van der Waals surface area contributed by atoms with Crippen molar-refractivity contribution in [3.05, 3.63) is 65.1 Å². The van der Waals surface area contributed by atoms with Crippen molar-refractivity contribution in [2.24, 2.45) is 0 Å². The van der Waals surface area contributed by atoms with E-state index in [9.17, 15) is 8.78 Å². The summed E-state index contributed by atoms with van der Waals surface area (Å²) in [6, 6.07) is 8.72. The van der Waals surface area contributed by atoms with Crippen LogP contribution in [0.4, 0.5) is 8.78 Å². The van der Waals surface area contributed by atoms with Crippen molar-refractivity contribution in [1.82, 2.24) is 14.6 Å². The van der Waals surface area contributed by atoms with Crippen molar-refractivity contribution in [2.75, 3.05) is 0 Å². The summed E-state index contributed by atoms with van der Waals surface area (Å²) in [6.07, 6.45) is 1.76. The lowest BCUT2D eigenvalue weighted by atomic mass is 10.1. The predicted molar refractivity (Wildman–Crippen MR) is 66.9 cm³/mol. The summed E-state index contributed by atoms with van der Waals surface area (Å²) in [5, 5.41) is 16.8. The van der Waals surface area contributed by atoms with Crippen molar-refractivity contribution in [3.8, 4) is 6.07 Å². The summed E-state index contributed by atoms with van der Waals surface area (Å²) >= 11 is 0. The number of aromatic nitrogens is 3. The van der Waals surface area contributed by atoms with E-state index in [0.29, 0.717) is 22.6 Å². The first-order valence-corrected chi connectivity index (χ1v) is 5.85. The molecule has 0 aliphatic rings. The second kappa shape index (κ2) is 4.70. The van der Waals surface area contributed by atoms with Crippen LogP contribution >= 0.6 is 0 Å². The Bertz CT molecular complexity index is 833. The zero-order valence-electron chi connectivity index (χ0n) is 10.2. The minimum absolute atomic E-state index is 0.169. The minimum Gasteiger partial charge on any atom is -0.285 e. The molecule has 0 unspecified atom stereocenters. The average Bonchev–Trinajstić information content (AvgIpc) is 2.84. The molecule has 3 rings (SSSR count). The molecule has 20 heavy (non-hydrogen) atoms. The number of nitriles is 1. The molecule has 6 heteroatoms. The Morgan fingerprint density at radius 1 is 1.15 bits per heavy atom. The fourth-order valence-electron chi connectivity index (χ4n) is 1.96. The molecule has 0 amide bonds. The number of halogens is 2. The first-order valence-electron chi connectivity index (χ1n) is 5.85. The van der Waals surface area contributed by atoms with Crippen molar-refractivity contribution >= 4 is 5.65 Å². The Kier molecular flexibility index (Phi) is 2.88. The lowest BCUT2D eigenvalue weighted by Crippen LogP contribution is -1.99. The van der Waals surface area contributed by atoms with E-state index >= 15 is 0 Å². The van der Waals surface area contributed by atoms with Crippen molar-refractivity contribution < 1.29 is 8.78 Å². The van der Waals surface area contributed by atoms with Crippen LogP contribution in [-0.4, -0.2) is 14.6 Å². The number of hydrogen-bond donors (Lipinski definition) is 0. The van der Waals surface area contributed by atoms with Crippen LogP contribution in [0, 0.1) is 23.0 Å². The molecule has 0 aliphatic heterocycles. The third-order valence-electron chi connectivity index (χ3n) is 2.97. The zero-order chi connectivity index (χ0) is 14.1. The lowest BCUT2D eigenvalue weighted by molar-refractivity contribution is 0.573. The third kappa shape index (κ3) is 2.10. The van der Waals surface area contributed by atoms with Gasteiger partial charge in [0.2, 0.25) is 0 Å². The number of nitrogens with zero attached hydrogens (tertiary/aromatic N) is 4. The molecule has 0 spiro atoms. The quantitative estimate of drug-likeness (QED) is 0.718. The number of fused-ring (bicyclic) bond motifs is 1. The molecule has 1 aromatic carbocycles. The van der Waals surface area contributed by atoms with E-state index in [1.165, 1.54) is 12.1 Å². The van der Waals surface area contributed by atoms with Gasteiger partial charge in [0.15, 0.2) is 5.65 Å². The van der Waals surface area contributed by atoms with Gasteiger partial charge in [-0.2, -0.15) is 5.26 Å². The van der Waals surface area contributed by atoms with Gasteiger partial charge in [-0.05, 0) is 23.8 Å². The van der Waals surface area contributed by atoms with Gasteiger partial charge in [-0.1, -0.05) is 6.07 Å². The number of rotatable bonds is 2. The average molecular weight is 270 g/mol. The maximum Gasteiger partial charge on any atom is 0.160 e. The fourth-order valence-corrected chi connectivity index (χ4v) is 1.96. The number of benzene rings is 1. The molecule has 3 aromatic rings. The van der Waals surface area contributed by atoms with E-state index in [1.807, 2.05) is 6.07 Å². The largest absolute Gasteiger partial charge is 0.285 e. The highest BCUT2D eigenvalue weighted by Crippen LogP contribution is 2.15. The molecular weight excluding hydrogens is 262 g/mol. The monoisotopic (exact) mass is 270 g/mol. The van der Waals surface area contributed by atoms with Crippen LogP contribution in [0.2, 0.25) is 0 Å². The Hall–Kier alpha value is -2.81. The van der Waals surface area contributed by atoms with Crippen LogP contribution < -0.4 is 0 Å². The van der Waals surface area contributed by atoms with Gasteiger partial charge in [0.1, 0.15) is 23.5 Å². The van der Waals surface area contributed by atoms with E-state index in [-0.39, 0.29) is 6.42 Å². The van der Waals surface area contributed by atoms with E-state index in [1.54, 1.807) is 22.7 Å². The van der Waals surface area contributed by atoms with Crippen molar-refractivity contribution in [3.63, 3.8) is 0 Å². The molecular formula is C14H8F2N4. The molecule has 4 nitrogen and oxygen atoms in total. The van der Waals surface area contributed by atoms with E-state index in [4.69, 9.17) is 5.26 Å². The molecule has 2 aromatic heterocycles. The van der Waals surface area contributed by atoms with Crippen LogP contribution in [0.5, 0.6) is 0 Å². The second-order valence-corrected chi connectivity index (χ2v) is 4.29. The van der Waals surface area contributed by atoms with Gasteiger partial charge < -0.3 is 0 Å². The zero-order valence-corrected chi connectivity index (χ0v) is 10.2. The molecule has 0 saturated carbocycles. The molecule has 0 fully saturated rings. The van der Waals surface area contributed by atoms with Crippen LogP contribution in [0.25, 0.3) is 5.65 Å². The Morgan fingerprint density at radius 3 is 2.75 bits per heavy atom. The van der Waals surface area contributed by atoms with E-state index in [0.717, 1.165) is 6.07 Å². The van der Waals surface area contributed by atoms with Crippen LogP contribution in [0.15, 0.2) is 36.5 Å². The second-order valence-electron chi connectivity index (χ2n) is 4.29. The highest BCUT2D eigenvalue weighted by Gasteiger charge is 2.10. The number of hydrogen-bond acceptors (Lipinski definition) is 3. The summed E-state index contributed by atoms with van der Waals surface area (Å²) in [7, 11) is 0. The van der Waals surface area contributed by atoms with Crippen LogP contribution in [0.3, 0.4) is 0 Å². The Balaban J connectivity index is 2.04. The van der Waals surface area contributed by atoms with Crippen LogP contribution in [0.1, 0.15) is 17.0 Å². The summed E-state index contributed by atoms with van der Waals surface area (Å²) in [6.45, 7) is 0. The summed E-state index contributed by atoms with van der Waals surface area (Å²) in [4.78, 5) is 0. The molecule has 0 aliphatic carbocycles. The van der Waals surface area contributed by atoms with Gasteiger partial charge in [0, 0.05) is 18.7 Å². The van der Waals surface area contributed by atoms with Crippen LogP contribution in [-0.2, 0) is 6.42 Å². The normalized spacial score (nSPS) is 10.7. The molecule has 0 saturated heterocycles. The van der Waals surface area contributed by atoms with Gasteiger partial charge >= 0.3 is 0 Å². The molecule has 2 heterocycles. The molecule has 0 atom stereocenters. The first kappa shape index (κ1) is 12.2. The van der Waals surface area contributed by atoms with Gasteiger partial charge in [-0.3, -0.25) is 4.40 Å². The van der Waals surface area contributed by atoms with Crippen molar-refractivity contribution in [2.45, 2.75) is 6.42 Å². The third-order valence-corrected chi connectivity index (χ3v) is 2.97. The highest BCUT2D eigenvalue weighted by atomic mass is 19.1. The molecule has 98 valence electrons. The van der Waals surface area contributed by atoms with Gasteiger partial charge in [-0.25, -0.2) is 8.78 Å². The van der Waals surface area contributed by atoms with Gasteiger partial charge in [0.05, 0.1) is 5.56 Å². The topological polar surface area (TPSA) is 54.0 Å². The first-order chi connectivity index (χ1) is 9.67. The lowest BCUT2D eigenvalue weighted by Gasteiger charge is -2.02. The predicted octanol–water partition coefficient (Wildman–Crippen LogP) is 2.47. The maximum atomic E-state index is 13.6. The van der Waals surface area contributed by atoms with E-state index in [2.05, 4.69) is 10.2 Å². The highest BCUT2D eigenvalue weighted by molar-refractivity contribution is 5.43. The van der Waals surface area contributed by atoms with Gasteiger partial charge in [-0.15, -0.1) is 10.2 Å². The molecule has 0 N–H and O–H groups in total. The smallest absolute Gasteiger partial charge is 0.160 e. The summed E-state index contributed by atoms with van der Waals surface area (Å²) in [5.41, 5.74) is 1.35. The van der Waals surface area contributed by atoms with E-state index < -0.39 is 11.6 Å². The van der Waals surface area contributed by atoms with Gasteiger partial charge in [0.25, 0.3) is 0 Å².